The SMILES string of the molecule is CNC(CN1CC2CCCC2C1)c1cc2ccccc2o1. The molecule has 0 amide bonds. The molecule has 2 aromatic rings. The zero-order valence-corrected chi connectivity index (χ0v) is 12.7. The minimum Gasteiger partial charge on any atom is -0.459 e. The van der Waals surface area contributed by atoms with Crippen LogP contribution in [0, 0.1) is 11.8 Å². The van der Waals surface area contributed by atoms with Crippen molar-refractivity contribution in [3.8, 4) is 0 Å². The molecule has 1 N–H and O–H groups in total. The Labute approximate surface area is 126 Å². The van der Waals surface area contributed by atoms with Gasteiger partial charge in [0.05, 0.1) is 6.04 Å². The van der Waals surface area contributed by atoms with Gasteiger partial charge in [-0.1, -0.05) is 24.6 Å². The third kappa shape index (κ3) is 2.49. The molecule has 1 saturated heterocycles. The van der Waals surface area contributed by atoms with Gasteiger partial charge in [0.15, 0.2) is 0 Å². The summed E-state index contributed by atoms with van der Waals surface area (Å²) in [6.45, 7) is 3.62. The minimum atomic E-state index is 0.288. The highest BCUT2D eigenvalue weighted by molar-refractivity contribution is 5.77. The second kappa shape index (κ2) is 5.47. The lowest BCUT2D eigenvalue weighted by molar-refractivity contribution is 0.263. The molecule has 112 valence electrons. The molecule has 2 fully saturated rings. The number of hydrogen-bond donors (Lipinski definition) is 1. The normalized spacial score (nSPS) is 27.3. The molecule has 0 spiro atoms. The van der Waals surface area contributed by atoms with Crippen molar-refractivity contribution < 1.29 is 4.42 Å². The largest absolute Gasteiger partial charge is 0.459 e. The third-order valence-electron chi connectivity index (χ3n) is 5.38. The van der Waals surface area contributed by atoms with Gasteiger partial charge in [-0.3, -0.25) is 0 Å². The van der Waals surface area contributed by atoms with Gasteiger partial charge in [0.25, 0.3) is 0 Å². The summed E-state index contributed by atoms with van der Waals surface area (Å²) in [4.78, 5) is 2.63. The van der Waals surface area contributed by atoms with Gasteiger partial charge in [-0.05, 0) is 43.9 Å². The molecule has 0 bridgehead atoms. The van der Waals surface area contributed by atoms with Crippen LogP contribution >= 0.6 is 0 Å². The molecule has 1 aromatic carbocycles. The zero-order valence-electron chi connectivity index (χ0n) is 12.7. The molecular formula is C18H24N2O. The molecule has 3 heteroatoms. The summed E-state index contributed by atoms with van der Waals surface area (Å²) in [7, 11) is 2.04. The van der Waals surface area contributed by atoms with Crippen LogP contribution in [0.5, 0.6) is 0 Å². The number of likely N-dealkylation sites (N-methyl/N-ethyl adjacent to an activating group) is 1. The number of fused-ring (bicyclic) bond motifs is 2. The van der Waals surface area contributed by atoms with Crippen LogP contribution in [-0.2, 0) is 0 Å². The number of para-hydroxylation sites is 1. The molecule has 3 atom stereocenters. The zero-order chi connectivity index (χ0) is 14.2. The first-order valence-corrected chi connectivity index (χ1v) is 8.21. The number of benzene rings is 1. The first-order valence-electron chi connectivity index (χ1n) is 8.21. The molecule has 1 aliphatic heterocycles. The summed E-state index contributed by atoms with van der Waals surface area (Å²) in [5.74, 6) is 2.98. The van der Waals surface area contributed by atoms with E-state index in [-0.39, 0.29) is 6.04 Å². The number of likely N-dealkylation sites (tertiary alicyclic amines) is 1. The molecule has 4 rings (SSSR count). The smallest absolute Gasteiger partial charge is 0.134 e. The monoisotopic (exact) mass is 284 g/mol. The number of hydrogen-bond acceptors (Lipinski definition) is 3. The first kappa shape index (κ1) is 13.4. The quantitative estimate of drug-likeness (QED) is 0.932. The Balaban J connectivity index is 1.49. The third-order valence-corrected chi connectivity index (χ3v) is 5.38. The summed E-state index contributed by atoms with van der Waals surface area (Å²) < 4.78 is 6.04. The van der Waals surface area contributed by atoms with Crippen LogP contribution in [0.4, 0.5) is 0 Å². The Kier molecular flexibility index (Phi) is 3.48. The molecule has 0 radical (unpaired) electrons. The lowest BCUT2D eigenvalue weighted by Crippen LogP contribution is -2.32. The van der Waals surface area contributed by atoms with Gasteiger partial charge in [0.2, 0.25) is 0 Å². The van der Waals surface area contributed by atoms with Gasteiger partial charge in [0.1, 0.15) is 11.3 Å². The van der Waals surface area contributed by atoms with Gasteiger partial charge >= 0.3 is 0 Å². The molecule has 2 aliphatic rings. The summed E-state index contributed by atoms with van der Waals surface area (Å²) >= 11 is 0. The molecular weight excluding hydrogens is 260 g/mol. The van der Waals surface area contributed by atoms with Gasteiger partial charge in [-0.15, -0.1) is 0 Å². The van der Waals surface area contributed by atoms with Gasteiger partial charge in [-0.2, -0.15) is 0 Å². The van der Waals surface area contributed by atoms with Crippen LogP contribution in [0.3, 0.4) is 0 Å². The predicted molar refractivity (Wildman–Crippen MR) is 85.3 cm³/mol. The Bertz CT molecular complexity index is 575. The second-order valence-electron chi connectivity index (χ2n) is 6.70. The van der Waals surface area contributed by atoms with Crippen molar-refractivity contribution in [2.45, 2.75) is 25.3 Å². The molecule has 1 aromatic heterocycles. The standard InChI is InChI=1S/C18H24N2O/c1-19-16(12-20-10-14-6-4-7-15(14)11-20)18-9-13-5-2-3-8-17(13)21-18/h2-3,5,8-9,14-16,19H,4,6-7,10-12H2,1H3. The molecule has 3 nitrogen and oxygen atoms in total. The van der Waals surface area contributed by atoms with E-state index in [1.165, 1.54) is 37.7 Å². The van der Waals surface area contributed by atoms with Crippen LogP contribution in [0.2, 0.25) is 0 Å². The number of nitrogens with zero attached hydrogens (tertiary/aromatic N) is 1. The minimum absolute atomic E-state index is 0.288. The summed E-state index contributed by atoms with van der Waals surface area (Å²) in [5, 5.41) is 4.64. The summed E-state index contributed by atoms with van der Waals surface area (Å²) in [5.41, 5.74) is 0.992. The van der Waals surface area contributed by atoms with Gasteiger partial charge < -0.3 is 14.6 Å². The van der Waals surface area contributed by atoms with Crippen molar-refractivity contribution in [3.63, 3.8) is 0 Å². The lowest BCUT2D eigenvalue weighted by atomic mass is 10.0. The maximum atomic E-state index is 6.04. The van der Waals surface area contributed by atoms with E-state index < -0.39 is 0 Å². The van der Waals surface area contributed by atoms with Crippen LogP contribution in [-0.4, -0.2) is 31.6 Å². The van der Waals surface area contributed by atoms with Crippen LogP contribution in [0.1, 0.15) is 31.1 Å². The van der Waals surface area contributed by atoms with Crippen molar-refractivity contribution in [2.75, 3.05) is 26.7 Å². The van der Waals surface area contributed by atoms with E-state index >= 15 is 0 Å². The van der Waals surface area contributed by atoms with E-state index in [0.29, 0.717) is 0 Å². The fourth-order valence-corrected chi connectivity index (χ4v) is 4.24. The fraction of sp³-hybridized carbons (Fsp3) is 0.556. The van der Waals surface area contributed by atoms with E-state index in [1.54, 1.807) is 0 Å². The number of furan rings is 1. The molecule has 21 heavy (non-hydrogen) atoms. The molecule has 1 aliphatic carbocycles. The van der Waals surface area contributed by atoms with Crippen molar-refractivity contribution in [1.82, 2.24) is 10.2 Å². The average Bonchev–Trinajstić information content (AvgIpc) is 3.17. The Hall–Kier alpha value is -1.32. The highest BCUT2D eigenvalue weighted by Crippen LogP contribution is 2.38. The first-order chi connectivity index (χ1) is 10.3. The van der Waals surface area contributed by atoms with Crippen molar-refractivity contribution >= 4 is 11.0 Å². The molecule has 2 heterocycles. The maximum Gasteiger partial charge on any atom is 0.134 e. The number of rotatable bonds is 4. The van der Waals surface area contributed by atoms with E-state index in [4.69, 9.17) is 4.42 Å². The van der Waals surface area contributed by atoms with E-state index in [0.717, 1.165) is 29.7 Å². The highest BCUT2D eigenvalue weighted by atomic mass is 16.3. The van der Waals surface area contributed by atoms with Crippen LogP contribution in [0.15, 0.2) is 34.7 Å². The molecule has 1 saturated carbocycles. The predicted octanol–water partition coefficient (Wildman–Crippen LogP) is 3.43. The number of nitrogens with one attached hydrogen (secondary N) is 1. The Morgan fingerprint density at radius 2 is 2.00 bits per heavy atom. The second-order valence-corrected chi connectivity index (χ2v) is 6.70. The van der Waals surface area contributed by atoms with Crippen molar-refractivity contribution in [2.24, 2.45) is 11.8 Å². The van der Waals surface area contributed by atoms with E-state index in [1.807, 2.05) is 19.2 Å². The summed E-state index contributed by atoms with van der Waals surface area (Å²) in [6.07, 6.45) is 4.33. The van der Waals surface area contributed by atoms with Gasteiger partial charge in [0, 0.05) is 25.0 Å². The van der Waals surface area contributed by atoms with Crippen molar-refractivity contribution in [1.29, 1.82) is 0 Å². The molecule has 3 unspecified atom stereocenters. The van der Waals surface area contributed by atoms with Crippen LogP contribution in [0.25, 0.3) is 11.0 Å². The maximum absolute atomic E-state index is 6.04. The summed E-state index contributed by atoms with van der Waals surface area (Å²) in [6, 6.07) is 10.7. The van der Waals surface area contributed by atoms with E-state index in [2.05, 4.69) is 28.4 Å². The highest BCUT2D eigenvalue weighted by Gasteiger charge is 2.36. The van der Waals surface area contributed by atoms with Gasteiger partial charge in [-0.25, -0.2) is 0 Å². The van der Waals surface area contributed by atoms with Crippen molar-refractivity contribution in [3.05, 3.63) is 36.1 Å². The fourth-order valence-electron chi connectivity index (χ4n) is 4.24. The Morgan fingerprint density at radius 1 is 1.24 bits per heavy atom. The van der Waals surface area contributed by atoms with E-state index in [9.17, 15) is 0 Å². The van der Waals surface area contributed by atoms with Crippen LogP contribution < -0.4 is 5.32 Å². The lowest BCUT2D eigenvalue weighted by Gasteiger charge is -2.22. The topological polar surface area (TPSA) is 28.4 Å². The average molecular weight is 284 g/mol. The Morgan fingerprint density at radius 3 is 2.71 bits per heavy atom.